The molecule has 1 aromatic heterocycles. The summed E-state index contributed by atoms with van der Waals surface area (Å²) in [7, 11) is 0. The number of hydrogen-bond donors (Lipinski definition) is 5. The molecule has 0 aromatic carbocycles. The Bertz CT molecular complexity index is 398. The fourth-order valence-electron chi connectivity index (χ4n) is 1.08. The van der Waals surface area contributed by atoms with Gasteiger partial charge >= 0.3 is 0 Å². The highest BCUT2D eigenvalue weighted by Gasteiger charge is 2.35. The van der Waals surface area contributed by atoms with Gasteiger partial charge in [0.25, 0.3) is 0 Å². The van der Waals surface area contributed by atoms with E-state index in [1.54, 1.807) is 19.9 Å². The van der Waals surface area contributed by atoms with Gasteiger partial charge in [0.2, 0.25) is 5.95 Å². The molecule has 0 unspecified atom stereocenters. The van der Waals surface area contributed by atoms with Crippen LogP contribution in [0.2, 0.25) is 0 Å². The van der Waals surface area contributed by atoms with E-state index in [0.717, 1.165) is 0 Å². The van der Waals surface area contributed by atoms with Gasteiger partial charge in [-0.05, 0) is 27.7 Å². The predicted molar refractivity (Wildman–Crippen MR) is 68.3 cm³/mol. The topological polar surface area (TPSA) is 122 Å². The van der Waals surface area contributed by atoms with E-state index in [0.29, 0.717) is 11.6 Å². The van der Waals surface area contributed by atoms with E-state index in [1.807, 2.05) is 13.8 Å². The quantitative estimate of drug-likeness (QED) is 0.379. The third kappa shape index (κ3) is 3.18. The summed E-state index contributed by atoms with van der Waals surface area (Å²) >= 11 is 0. The Morgan fingerprint density at radius 2 is 1.71 bits per heavy atom. The second kappa shape index (κ2) is 4.34. The van der Waals surface area contributed by atoms with Gasteiger partial charge in [0.1, 0.15) is 11.6 Å². The van der Waals surface area contributed by atoms with Crippen LogP contribution in [0.3, 0.4) is 0 Å². The Morgan fingerprint density at radius 3 is 2.18 bits per heavy atom. The van der Waals surface area contributed by atoms with Gasteiger partial charge in [-0.15, -0.1) is 0 Å². The van der Waals surface area contributed by atoms with Crippen LogP contribution in [0.15, 0.2) is 6.07 Å². The summed E-state index contributed by atoms with van der Waals surface area (Å²) in [6.07, 6.45) is 0. The fourth-order valence-corrected chi connectivity index (χ4v) is 1.08. The molecule has 0 aliphatic carbocycles. The van der Waals surface area contributed by atoms with Crippen molar-refractivity contribution in [3.05, 3.63) is 6.07 Å². The van der Waals surface area contributed by atoms with Crippen molar-refractivity contribution >= 4 is 17.6 Å². The Hall–Kier alpha value is -1.60. The van der Waals surface area contributed by atoms with Gasteiger partial charge in [0.05, 0.1) is 11.1 Å². The highest BCUT2D eigenvalue weighted by Crippen LogP contribution is 2.25. The molecule has 17 heavy (non-hydrogen) atoms. The number of nitrogens with two attached hydrogens (primary N) is 2. The number of anilines is 3. The molecule has 7 heteroatoms. The molecule has 96 valence electrons. The summed E-state index contributed by atoms with van der Waals surface area (Å²) in [4.78, 5) is 7.90. The van der Waals surface area contributed by atoms with Crippen LogP contribution in [-0.4, -0.2) is 26.2 Å². The Kier molecular flexibility index (Phi) is 3.44. The van der Waals surface area contributed by atoms with E-state index >= 15 is 0 Å². The fraction of sp³-hybridized carbons (Fsp3) is 0.600. The van der Waals surface area contributed by atoms with Gasteiger partial charge < -0.3 is 21.6 Å². The minimum atomic E-state index is -0.928. The standard InChI is InChI=1S/C10H20N6O/c1-9(2,10(3,4)17)15-6-5-7(16-12)14-8(11)13-6/h5,17H,12H2,1-4H3,(H4,11,13,14,15,16). The summed E-state index contributed by atoms with van der Waals surface area (Å²) in [6.45, 7) is 7.15. The molecule has 1 heterocycles. The van der Waals surface area contributed by atoms with Crippen LogP contribution < -0.4 is 22.3 Å². The molecule has 7 nitrogen and oxygen atoms in total. The molecule has 1 aromatic rings. The number of rotatable bonds is 4. The van der Waals surface area contributed by atoms with Crippen molar-refractivity contribution in [3.63, 3.8) is 0 Å². The Balaban J connectivity index is 2.99. The minimum absolute atomic E-state index is 0.106. The van der Waals surface area contributed by atoms with Gasteiger partial charge in [-0.2, -0.15) is 9.97 Å². The molecule has 0 spiro atoms. The van der Waals surface area contributed by atoms with Crippen molar-refractivity contribution in [3.8, 4) is 0 Å². The van der Waals surface area contributed by atoms with Gasteiger partial charge in [0, 0.05) is 6.07 Å². The lowest BCUT2D eigenvalue weighted by Crippen LogP contribution is -2.51. The number of nitrogens with one attached hydrogen (secondary N) is 2. The van der Waals surface area contributed by atoms with E-state index < -0.39 is 11.1 Å². The van der Waals surface area contributed by atoms with Crippen molar-refractivity contribution < 1.29 is 5.11 Å². The highest BCUT2D eigenvalue weighted by atomic mass is 16.3. The first-order valence-corrected chi connectivity index (χ1v) is 5.27. The molecule has 0 radical (unpaired) electrons. The number of nitrogen functional groups attached to an aromatic ring is 2. The molecule has 0 amide bonds. The van der Waals surface area contributed by atoms with Gasteiger partial charge in [-0.1, -0.05) is 0 Å². The maximum absolute atomic E-state index is 10.0. The molecule has 0 fully saturated rings. The summed E-state index contributed by atoms with van der Waals surface area (Å²) in [5.41, 5.74) is 6.43. The molecular formula is C10H20N6O. The normalized spacial score (nSPS) is 12.4. The van der Waals surface area contributed by atoms with Crippen molar-refractivity contribution in [2.75, 3.05) is 16.5 Å². The number of aliphatic hydroxyl groups is 1. The lowest BCUT2D eigenvalue weighted by molar-refractivity contribution is 0.0239. The second-order valence-electron chi connectivity index (χ2n) is 4.95. The number of aromatic nitrogens is 2. The lowest BCUT2D eigenvalue weighted by atomic mass is 9.86. The molecule has 7 N–H and O–H groups in total. The molecule has 1 rings (SSSR count). The van der Waals surface area contributed by atoms with Crippen LogP contribution in [0.1, 0.15) is 27.7 Å². The number of hydrogen-bond acceptors (Lipinski definition) is 7. The maximum Gasteiger partial charge on any atom is 0.223 e. The first-order chi connectivity index (χ1) is 7.65. The molecule has 0 saturated carbocycles. The Morgan fingerprint density at radius 1 is 1.18 bits per heavy atom. The van der Waals surface area contributed by atoms with E-state index in [1.165, 1.54) is 0 Å². The van der Waals surface area contributed by atoms with Crippen molar-refractivity contribution in [2.45, 2.75) is 38.8 Å². The smallest absolute Gasteiger partial charge is 0.223 e. The van der Waals surface area contributed by atoms with E-state index in [-0.39, 0.29) is 5.95 Å². The summed E-state index contributed by atoms with van der Waals surface area (Å²) in [6, 6.07) is 1.61. The second-order valence-corrected chi connectivity index (χ2v) is 4.95. The molecule has 0 atom stereocenters. The zero-order valence-electron chi connectivity index (χ0n) is 10.6. The predicted octanol–water partition coefficient (Wildman–Crippen LogP) is 0.306. The van der Waals surface area contributed by atoms with Crippen LogP contribution in [0.25, 0.3) is 0 Å². The SMILES string of the molecule is CC(C)(O)C(C)(C)Nc1cc(NN)nc(N)n1. The van der Waals surface area contributed by atoms with Crippen molar-refractivity contribution in [1.29, 1.82) is 0 Å². The van der Waals surface area contributed by atoms with E-state index in [4.69, 9.17) is 11.6 Å². The molecule has 0 aliphatic heterocycles. The van der Waals surface area contributed by atoms with Crippen molar-refractivity contribution in [1.82, 2.24) is 9.97 Å². The zero-order valence-corrected chi connectivity index (χ0v) is 10.6. The summed E-state index contributed by atoms with van der Waals surface area (Å²) < 4.78 is 0. The lowest BCUT2D eigenvalue weighted by Gasteiger charge is -2.38. The molecule has 0 bridgehead atoms. The average molecular weight is 240 g/mol. The Labute approximate surface area is 101 Å². The van der Waals surface area contributed by atoms with Crippen LogP contribution in [0.5, 0.6) is 0 Å². The van der Waals surface area contributed by atoms with Gasteiger partial charge in [0.15, 0.2) is 0 Å². The van der Waals surface area contributed by atoms with Crippen LogP contribution in [0, 0.1) is 0 Å². The first kappa shape index (κ1) is 13.5. The van der Waals surface area contributed by atoms with Crippen LogP contribution in [-0.2, 0) is 0 Å². The first-order valence-electron chi connectivity index (χ1n) is 5.27. The average Bonchev–Trinajstić information content (AvgIpc) is 2.14. The third-order valence-electron chi connectivity index (χ3n) is 2.86. The highest BCUT2D eigenvalue weighted by molar-refractivity contribution is 5.51. The maximum atomic E-state index is 10.0. The van der Waals surface area contributed by atoms with Crippen LogP contribution in [0.4, 0.5) is 17.6 Å². The zero-order chi connectivity index (χ0) is 13.3. The van der Waals surface area contributed by atoms with E-state index in [2.05, 4.69) is 20.7 Å². The monoisotopic (exact) mass is 240 g/mol. The van der Waals surface area contributed by atoms with E-state index in [9.17, 15) is 5.11 Å². The molecule has 0 saturated heterocycles. The van der Waals surface area contributed by atoms with Gasteiger partial charge in [-0.25, -0.2) is 5.84 Å². The number of nitrogens with zero attached hydrogens (tertiary/aromatic N) is 2. The third-order valence-corrected chi connectivity index (χ3v) is 2.86. The summed E-state index contributed by atoms with van der Waals surface area (Å²) in [5, 5.41) is 13.1. The van der Waals surface area contributed by atoms with Gasteiger partial charge in [-0.3, -0.25) is 0 Å². The summed E-state index contributed by atoms with van der Waals surface area (Å²) in [5.74, 6) is 6.28. The molecular weight excluding hydrogens is 220 g/mol. The molecule has 0 aliphatic rings. The number of hydrazine groups is 1. The minimum Gasteiger partial charge on any atom is -0.388 e. The van der Waals surface area contributed by atoms with Crippen LogP contribution >= 0.6 is 0 Å². The van der Waals surface area contributed by atoms with Crippen molar-refractivity contribution in [2.24, 2.45) is 5.84 Å². The largest absolute Gasteiger partial charge is 0.388 e.